The first-order valence-corrected chi connectivity index (χ1v) is 7.59. The molecule has 0 saturated carbocycles. The fourth-order valence-corrected chi connectivity index (χ4v) is 2.69. The van der Waals surface area contributed by atoms with E-state index < -0.39 is 0 Å². The molecule has 1 aliphatic heterocycles. The van der Waals surface area contributed by atoms with Crippen LogP contribution in [0.25, 0.3) is 0 Å². The summed E-state index contributed by atoms with van der Waals surface area (Å²) in [6.07, 6.45) is 5.25. The van der Waals surface area contributed by atoms with Gasteiger partial charge in [0.05, 0.1) is 12.0 Å². The maximum atomic E-state index is 12.4. The highest BCUT2D eigenvalue weighted by Gasteiger charge is 2.39. The van der Waals surface area contributed by atoms with Gasteiger partial charge in [-0.05, 0) is 38.3 Å². The van der Waals surface area contributed by atoms with E-state index in [0.29, 0.717) is 6.61 Å². The molecule has 4 nitrogen and oxygen atoms in total. The van der Waals surface area contributed by atoms with Gasteiger partial charge in [-0.1, -0.05) is 26.7 Å². The van der Waals surface area contributed by atoms with Crippen molar-refractivity contribution in [3.05, 3.63) is 0 Å². The number of amides is 1. The van der Waals surface area contributed by atoms with E-state index in [-0.39, 0.29) is 11.3 Å². The Morgan fingerprint density at radius 1 is 1.32 bits per heavy atom. The number of hydrogen-bond donors (Lipinski definition) is 2. The predicted octanol–water partition coefficient (Wildman–Crippen LogP) is 1.95. The van der Waals surface area contributed by atoms with Crippen LogP contribution in [0.3, 0.4) is 0 Å². The van der Waals surface area contributed by atoms with Crippen molar-refractivity contribution in [3.63, 3.8) is 0 Å². The predicted molar refractivity (Wildman–Crippen MR) is 78.1 cm³/mol. The van der Waals surface area contributed by atoms with Crippen LogP contribution in [0.2, 0.25) is 0 Å². The minimum atomic E-state index is -0.307. The number of unbranched alkanes of at least 4 members (excludes halogenated alkanes) is 1. The first-order chi connectivity index (χ1) is 9.10. The highest BCUT2D eigenvalue weighted by molar-refractivity contribution is 5.82. The third kappa shape index (κ3) is 5.49. The minimum absolute atomic E-state index is 0.181. The molecule has 0 atom stereocenters. The third-order valence-electron chi connectivity index (χ3n) is 3.96. The van der Waals surface area contributed by atoms with Crippen LogP contribution in [0.4, 0.5) is 0 Å². The summed E-state index contributed by atoms with van der Waals surface area (Å²) >= 11 is 0. The van der Waals surface area contributed by atoms with Gasteiger partial charge in [-0.2, -0.15) is 0 Å². The summed E-state index contributed by atoms with van der Waals surface area (Å²) in [7, 11) is 1.68. The average molecular weight is 270 g/mol. The lowest BCUT2D eigenvalue weighted by atomic mass is 9.78. The Balaban J connectivity index is 2.32. The summed E-state index contributed by atoms with van der Waals surface area (Å²) in [6.45, 7) is 7.62. The Morgan fingerprint density at radius 3 is 2.58 bits per heavy atom. The van der Waals surface area contributed by atoms with Gasteiger partial charge in [-0.15, -0.1) is 0 Å². The van der Waals surface area contributed by atoms with E-state index in [0.717, 1.165) is 44.8 Å². The molecular weight excluding hydrogens is 240 g/mol. The van der Waals surface area contributed by atoms with Crippen LogP contribution < -0.4 is 10.6 Å². The van der Waals surface area contributed by atoms with Crippen molar-refractivity contribution in [1.82, 2.24) is 10.6 Å². The molecule has 112 valence electrons. The standard InChI is InChI=1S/C15H30N2O2/c1-13(2)6-4-5-9-17-14(18)15(12-19-3)7-10-16-11-8-15/h13,16H,4-12H2,1-3H3,(H,17,18). The largest absolute Gasteiger partial charge is 0.384 e. The molecule has 0 aromatic carbocycles. The van der Waals surface area contributed by atoms with Crippen molar-refractivity contribution >= 4 is 5.91 Å². The maximum absolute atomic E-state index is 12.4. The molecule has 1 aliphatic rings. The molecule has 1 rings (SSSR count). The summed E-state index contributed by atoms with van der Waals surface area (Å²) in [5, 5.41) is 6.41. The Morgan fingerprint density at radius 2 is 2.00 bits per heavy atom. The lowest BCUT2D eigenvalue weighted by Gasteiger charge is -2.35. The van der Waals surface area contributed by atoms with E-state index in [1.165, 1.54) is 12.8 Å². The van der Waals surface area contributed by atoms with Crippen molar-refractivity contribution in [1.29, 1.82) is 0 Å². The lowest BCUT2D eigenvalue weighted by Crippen LogP contribution is -2.50. The summed E-state index contributed by atoms with van der Waals surface area (Å²) < 4.78 is 5.28. The third-order valence-corrected chi connectivity index (χ3v) is 3.96. The molecule has 0 aromatic rings. The van der Waals surface area contributed by atoms with Crippen LogP contribution in [-0.2, 0) is 9.53 Å². The Hall–Kier alpha value is -0.610. The summed E-state index contributed by atoms with van der Waals surface area (Å²) in [4.78, 5) is 12.4. The molecule has 19 heavy (non-hydrogen) atoms. The van der Waals surface area contributed by atoms with Crippen LogP contribution in [0, 0.1) is 11.3 Å². The molecule has 0 aliphatic carbocycles. The average Bonchev–Trinajstić information content (AvgIpc) is 2.39. The monoisotopic (exact) mass is 270 g/mol. The van der Waals surface area contributed by atoms with Crippen LogP contribution >= 0.6 is 0 Å². The second-order valence-corrected chi connectivity index (χ2v) is 6.11. The quantitative estimate of drug-likeness (QED) is 0.663. The zero-order chi connectivity index (χ0) is 14.1. The zero-order valence-corrected chi connectivity index (χ0v) is 12.8. The molecule has 1 saturated heterocycles. The van der Waals surface area contributed by atoms with Crippen LogP contribution in [0.1, 0.15) is 46.0 Å². The highest BCUT2D eigenvalue weighted by Crippen LogP contribution is 2.29. The van der Waals surface area contributed by atoms with E-state index >= 15 is 0 Å². The fraction of sp³-hybridized carbons (Fsp3) is 0.933. The van der Waals surface area contributed by atoms with E-state index in [1.54, 1.807) is 7.11 Å². The smallest absolute Gasteiger partial charge is 0.228 e. The van der Waals surface area contributed by atoms with Crippen LogP contribution in [0.15, 0.2) is 0 Å². The number of piperidine rings is 1. The van der Waals surface area contributed by atoms with Crippen LogP contribution in [0.5, 0.6) is 0 Å². The highest BCUT2D eigenvalue weighted by atomic mass is 16.5. The van der Waals surface area contributed by atoms with Gasteiger partial charge in [0.1, 0.15) is 0 Å². The maximum Gasteiger partial charge on any atom is 0.228 e. The van der Waals surface area contributed by atoms with E-state index in [1.807, 2.05) is 0 Å². The normalized spacial score (nSPS) is 18.5. The van der Waals surface area contributed by atoms with E-state index in [4.69, 9.17) is 4.74 Å². The number of hydrogen-bond acceptors (Lipinski definition) is 3. The van der Waals surface area contributed by atoms with E-state index in [9.17, 15) is 4.79 Å². The molecule has 2 N–H and O–H groups in total. The second-order valence-electron chi connectivity index (χ2n) is 6.11. The first kappa shape index (κ1) is 16.4. The van der Waals surface area contributed by atoms with Gasteiger partial charge in [0.2, 0.25) is 5.91 Å². The number of rotatable bonds is 8. The van der Waals surface area contributed by atoms with Gasteiger partial charge in [0.15, 0.2) is 0 Å². The first-order valence-electron chi connectivity index (χ1n) is 7.59. The van der Waals surface area contributed by atoms with Gasteiger partial charge in [-0.25, -0.2) is 0 Å². The van der Waals surface area contributed by atoms with Gasteiger partial charge in [0.25, 0.3) is 0 Å². The van der Waals surface area contributed by atoms with Crippen molar-refractivity contribution in [2.75, 3.05) is 33.4 Å². The fourth-order valence-electron chi connectivity index (χ4n) is 2.69. The molecule has 1 heterocycles. The van der Waals surface area contributed by atoms with E-state index in [2.05, 4.69) is 24.5 Å². The Kier molecular flexibility index (Phi) is 7.39. The summed E-state index contributed by atoms with van der Waals surface area (Å²) in [5.41, 5.74) is -0.307. The molecule has 1 fully saturated rings. The van der Waals surface area contributed by atoms with Gasteiger partial charge < -0.3 is 15.4 Å². The summed E-state index contributed by atoms with van der Waals surface area (Å²) in [5.74, 6) is 0.931. The Bertz CT molecular complexity index is 255. The molecule has 0 spiro atoms. The topological polar surface area (TPSA) is 50.4 Å². The Labute approximate surface area is 117 Å². The van der Waals surface area contributed by atoms with Crippen LogP contribution in [-0.4, -0.2) is 39.3 Å². The molecule has 4 heteroatoms. The second kappa shape index (κ2) is 8.54. The lowest BCUT2D eigenvalue weighted by molar-refractivity contribution is -0.136. The van der Waals surface area contributed by atoms with Crippen molar-refractivity contribution in [2.24, 2.45) is 11.3 Å². The van der Waals surface area contributed by atoms with Gasteiger partial charge in [0, 0.05) is 13.7 Å². The summed E-state index contributed by atoms with van der Waals surface area (Å²) in [6, 6.07) is 0. The molecule has 0 radical (unpaired) electrons. The van der Waals surface area contributed by atoms with Crippen molar-refractivity contribution in [3.8, 4) is 0 Å². The van der Waals surface area contributed by atoms with Crippen molar-refractivity contribution < 1.29 is 9.53 Å². The molecule has 1 amide bonds. The molecule has 0 unspecified atom stereocenters. The minimum Gasteiger partial charge on any atom is -0.384 e. The number of nitrogens with one attached hydrogen (secondary N) is 2. The number of carbonyl (C=O) groups is 1. The van der Waals surface area contributed by atoms with Gasteiger partial charge >= 0.3 is 0 Å². The molecule has 0 aromatic heterocycles. The molecule has 0 bridgehead atoms. The number of methoxy groups -OCH3 is 1. The van der Waals surface area contributed by atoms with Gasteiger partial charge in [-0.3, -0.25) is 4.79 Å². The SMILES string of the molecule is COCC1(C(=O)NCCCCC(C)C)CCNCC1. The number of ether oxygens (including phenoxy) is 1. The number of carbonyl (C=O) groups excluding carboxylic acids is 1. The zero-order valence-electron chi connectivity index (χ0n) is 12.8. The molecular formula is C15H30N2O2. The van der Waals surface area contributed by atoms with Crippen molar-refractivity contribution in [2.45, 2.75) is 46.0 Å².